The first-order valence-electron chi connectivity index (χ1n) is 6.06. The van der Waals surface area contributed by atoms with Gasteiger partial charge in [-0.2, -0.15) is 0 Å². The quantitative estimate of drug-likeness (QED) is 0.694. The minimum absolute atomic E-state index is 0.00985. The van der Waals surface area contributed by atoms with E-state index in [0.717, 1.165) is 16.1 Å². The van der Waals surface area contributed by atoms with E-state index in [4.69, 9.17) is 0 Å². The summed E-state index contributed by atoms with van der Waals surface area (Å²) in [5, 5.41) is 13.7. The second-order valence-electron chi connectivity index (χ2n) is 4.45. The molecule has 0 aliphatic rings. The van der Waals surface area contributed by atoms with E-state index in [1.807, 2.05) is 13.8 Å². The van der Waals surface area contributed by atoms with Crippen LogP contribution in [0, 0.1) is 24.0 Å². The summed E-state index contributed by atoms with van der Waals surface area (Å²) in [4.78, 5) is 23.3. The summed E-state index contributed by atoms with van der Waals surface area (Å²) in [7, 11) is 1.64. The molecule has 0 unspecified atom stereocenters. The van der Waals surface area contributed by atoms with Crippen LogP contribution in [0.3, 0.4) is 0 Å². The first kappa shape index (κ1) is 14.3. The van der Waals surface area contributed by atoms with Crippen molar-refractivity contribution in [2.75, 3.05) is 12.4 Å². The van der Waals surface area contributed by atoms with Gasteiger partial charge in [0.05, 0.1) is 11.5 Å². The van der Waals surface area contributed by atoms with E-state index in [-0.39, 0.29) is 10.6 Å². The van der Waals surface area contributed by atoms with Gasteiger partial charge in [-0.15, -0.1) is 0 Å². The Bertz CT molecular complexity index is 718. The molecule has 2 rings (SSSR count). The third-order valence-electron chi connectivity index (χ3n) is 3.24. The number of aryl methyl sites for hydroxylation is 1. The largest absolute Gasteiger partial charge is 0.383 e. The van der Waals surface area contributed by atoms with E-state index in [2.05, 4.69) is 5.32 Å². The molecule has 0 spiro atoms. The molecule has 0 aliphatic carbocycles. The number of nitro benzene ring substituents is 1. The number of nitrogens with zero attached hydrogens (tertiary/aromatic N) is 2. The van der Waals surface area contributed by atoms with Crippen LogP contribution < -0.4 is 10.2 Å². The smallest absolute Gasteiger partial charge is 0.307 e. The van der Waals surface area contributed by atoms with Gasteiger partial charge in [0.25, 0.3) is 5.69 Å². The summed E-state index contributed by atoms with van der Waals surface area (Å²) in [6.45, 7) is 4.23. The predicted molar refractivity (Wildman–Crippen MR) is 79.8 cm³/mol. The summed E-state index contributed by atoms with van der Waals surface area (Å²) in [6, 6.07) is 4.84. The summed E-state index contributed by atoms with van der Waals surface area (Å²) in [5.41, 5.74) is 2.26. The molecule has 0 saturated heterocycles. The van der Waals surface area contributed by atoms with Crippen LogP contribution in [-0.2, 0) is 6.54 Å². The van der Waals surface area contributed by atoms with E-state index in [0.29, 0.717) is 12.2 Å². The highest BCUT2D eigenvalue weighted by Gasteiger charge is 2.14. The zero-order valence-electron chi connectivity index (χ0n) is 11.5. The summed E-state index contributed by atoms with van der Waals surface area (Å²) >= 11 is 1.22. The zero-order valence-corrected chi connectivity index (χ0v) is 12.3. The number of rotatable bonds is 4. The van der Waals surface area contributed by atoms with Crippen LogP contribution in [0.15, 0.2) is 23.0 Å². The molecule has 0 saturated carbocycles. The minimum Gasteiger partial charge on any atom is -0.383 e. The summed E-state index contributed by atoms with van der Waals surface area (Å²) < 4.78 is 1.68. The molecule has 1 aromatic heterocycles. The van der Waals surface area contributed by atoms with Gasteiger partial charge in [-0.3, -0.25) is 19.5 Å². The molecule has 106 valence electrons. The molecule has 0 aliphatic heterocycles. The van der Waals surface area contributed by atoms with E-state index >= 15 is 0 Å². The first-order valence-corrected chi connectivity index (χ1v) is 6.87. The van der Waals surface area contributed by atoms with E-state index in [1.165, 1.54) is 17.4 Å². The average Bonchev–Trinajstić information content (AvgIpc) is 2.65. The number of benzene rings is 1. The van der Waals surface area contributed by atoms with E-state index < -0.39 is 4.92 Å². The number of aromatic nitrogens is 1. The molecule has 1 N–H and O–H groups in total. The SMILES string of the molecule is CNc1cc(Cn2c(C)c(C)sc2=O)ccc1[N+](=O)[O-]. The average molecular weight is 293 g/mol. The van der Waals surface area contributed by atoms with Crippen LogP contribution in [0.2, 0.25) is 0 Å². The van der Waals surface area contributed by atoms with Crippen molar-refractivity contribution < 1.29 is 4.92 Å². The lowest BCUT2D eigenvalue weighted by Crippen LogP contribution is -2.15. The van der Waals surface area contributed by atoms with Crippen molar-refractivity contribution in [3.8, 4) is 0 Å². The highest BCUT2D eigenvalue weighted by molar-refractivity contribution is 7.09. The number of thiazole rings is 1. The lowest BCUT2D eigenvalue weighted by molar-refractivity contribution is -0.383. The molecule has 20 heavy (non-hydrogen) atoms. The van der Waals surface area contributed by atoms with Gasteiger partial charge >= 0.3 is 4.87 Å². The Hall–Kier alpha value is -2.15. The topological polar surface area (TPSA) is 77.2 Å². The Balaban J connectivity index is 2.40. The number of hydrogen-bond donors (Lipinski definition) is 1. The summed E-state index contributed by atoms with van der Waals surface area (Å²) in [5.74, 6) is 0. The molecular weight excluding hydrogens is 278 g/mol. The van der Waals surface area contributed by atoms with Crippen LogP contribution in [0.5, 0.6) is 0 Å². The number of nitrogens with one attached hydrogen (secondary N) is 1. The minimum atomic E-state index is -0.429. The van der Waals surface area contributed by atoms with Gasteiger partial charge in [0.15, 0.2) is 0 Å². The van der Waals surface area contributed by atoms with Crippen molar-refractivity contribution >= 4 is 22.7 Å². The number of nitro groups is 1. The van der Waals surface area contributed by atoms with Crippen molar-refractivity contribution in [2.45, 2.75) is 20.4 Å². The molecule has 0 radical (unpaired) electrons. The van der Waals surface area contributed by atoms with Gasteiger partial charge in [-0.1, -0.05) is 17.4 Å². The summed E-state index contributed by atoms with van der Waals surface area (Å²) in [6.07, 6.45) is 0. The van der Waals surface area contributed by atoms with Crippen LogP contribution >= 0.6 is 11.3 Å². The van der Waals surface area contributed by atoms with Crippen molar-refractivity contribution in [2.24, 2.45) is 0 Å². The van der Waals surface area contributed by atoms with Crippen LogP contribution in [0.1, 0.15) is 16.1 Å². The normalized spacial score (nSPS) is 10.6. The number of anilines is 1. The van der Waals surface area contributed by atoms with Crippen molar-refractivity contribution in [3.63, 3.8) is 0 Å². The Kier molecular flexibility index (Phi) is 3.89. The molecular formula is C13H15N3O3S. The molecule has 2 aromatic rings. The fraction of sp³-hybridized carbons (Fsp3) is 0.308. The van der Waals surface area contributed by atoms with E-state index in [1.54, 1.807) is 23.7 Å². The van der Waals surface area contributed by atoms with Crippen molar-refractivity contribution in [1.29, 1.82) is 0 Å². The van der Waals surface area contributed by atoms with Gasteiger partial charge in [-0.25, -0.2) is 0 Å². The maximum absolute atomic E-state index is 11.9. The standard InChI is InChI=1S/C13H15N3O3S/c1-8-9(2)20-13(17)15(8)7-10-4-5-12(16(18)19)11(6-10)14-3/h4-6,14H,7H2,1-3H3. The van der Waals surface area contributed by atoms with Crippen LogP contribution in [0.25, 0.3) is 0 Å². The molecule has 1 heterocycles. The van der Waals surface area contributed by atoms with E-state index in [9.17, 15) is 14.9 Å². The zero-order chi connectivity index (χ0) is 14.9. The number of hydrogen-bond acceptors (Lipinski definition) is 5. The molecule has 0 bridgehead atoms. The second-order valence-corrected chi connectivity index (χ2v) is 5.62. The molecule has 7 heteroatoms. The highest BCUT2D eigenvalue weighted by atomic mass is 32.1. The fourth-order valence-corrected chi connectivity index (χ4v) is 2.83. The Morgan fingerprint density at radius 1 is 1.40 bits per heavy atom. The van der Waals surface area contributed by atoms with Crippen molar-refractivity contribution in [1.82, 2.24) is 4.57 Å². The Morgan fingerprint density at radius 2 is 2.10 bits per heavy atom. The van der Waals surface area contributed by atoms with Gasteiger partial charge in [0.2, 0.25) is 0 Å². The van der Waals surface area contributed by atoms with Gasteiger partial charge in [0.1, 0.15) is 5.69 Å². The predicted octanol–water partition coefficient (Wildman–Crippen LogP) is 2.52. The lowest BCUT2D eigenvalue weighted by Gasteiger charge is -2.08. The molecule has 0 fully saturated rings. The maximum Gasteiger partial charge on any atom is 0.307 e. The molecule has 0 amide bonds. The fourth-order valence-electron chi connectivity index (χ4n) is 1.99. The monoisotopic (exact) mass is 293 g/mol. The van der Waals surface area contributed by atoms with Gasteiger partial charge < -0.3 is 5.32 Å². The Morgan fingerprint density at radius 3 is 2.60 bits per heavy atom. The first-order chi connectivity index (χ1) is 9.43. The van der Waals surface area contributed by atoms with Crippen LogP contribution in [-0.4, -0.2) is 16.5 Å². The van der Waals surface area contributed by atoms with Gasteiger partial charge in [0, 0.05) is 23.7 Å². The highest BCUT2D eigenvalue weighted by Crippen LogP contribution is 2.25. The maximum atomic E-state index is 11.9. The molecule has 0 atom stereocenters. The molecule has 6 nitrogen and oxygen atoms in total. The molecule has 1 aromatic carbocycles. The third kappa shape index (κ3) is 2.57. The third-order valence-corrected chi connectivity index (χ3v) is 4.24. The van der Waals surface area contributed by atoms with Gasteiger partial charge in [-0.05, 0) is 25.5 Å². The Labute approximate surface area is 119 Å². The lowest BCUT2D eigenvalue weighted by atomic mass is 10.1. The second kappa shape index (κ2) is 5.46. The van der Waals surface area contributed by atoms with Crippen molar-refractivity contribution in [3.05, 3.63) is 54.1 Å². The van der Waals surface area contributed by atoms with Crippen LogP contribution in [0.4, 0.5) is 11.4 Å².